The highest BCUT2D eigenvalue weighted by molar-refractivity contribution is 8.01. The van der Waals surface area contributed by atoms with Crippen molar-refractivity contribution in [3.05, 3.63) is 29.3 Å². The number of aromatic nitrogens is 2. The van der Waals surface area contributed by atoms with E-state index in [1.807, 2.05) is 13.8 Å². The minimum atomic E-state index is -3.70. The lowest BCUT2D eigenvalue weighted by Gasteiger charge is -2.29. The maximum absolute atomic E-state index is 12.8. The zero-order valence-electron chi connectivity index (χ0n) is 15.3. The molecule has 7 nitrogen and oxygen atoms in total. The molecular formula is C16H21ClN4O3S3. The molecule has 1 aromatic carbocycles. The minimum Gasteiger partial charge on any atom is -0.299 e. The fourth-order valence-electron chi connectivity index (χ4n) is 2.35. The van der Waals surface area contributed by atoms with Gasteiger partial charge in [0.25, 0.3) is 0 Å². The average molecular weight is 449 g/mol. The summed E-state index contributed by atoms with van der Waals surface area (Å²) in [7, 11) is -3.70. The summed E-state index contributed by atoms with van der Waals surface area (Å²) in [6, 6.07) is 5.38. The molecule has 1 atom stereocenters. The molecule has 0 aliphatic rings. The molecule has 1 N–H and O–H groups in total. The molecule has 0 aliphatic heterocycles. The van der Waals surface area contributed by atoms with Crippen molar-refractivity contribution in [2.45, 2.75) is 42.8 Å². The number of nitrogens with one attached hydrogen (secondary N) is 1. The molecule has 11 heteroatoms. The van der Waals surface area contributed by atoms with Gasteiger partial charge in [-0.2, -0.15) is 0 Å². The minimum absolute atomic E-state index is 0.286. The van der Waals surface area contributed by atoms with Gasteiger partial charge in [0.1, 0.15) is 6.04 Å². The van der Waals surface area contributed by atoms with Crippen molar-refractivity contribution < 1.29 is 13.2 Å². The third-order valence-corrected chi connectivity index (χ3v) is 6.74. The number of rotatable bonds is 8. The number of nitrogens with zero attached hydrogens (tertiary/aromatic N) is 3. The van der Waals surface area contributed by atoms with Gasteiger partial charge >= 0.3 is 0 Å². The summed E-state index contributed by atoms with van der Waals surface area (Å²) < 4.78 is 26.6. The van der Waals surface area contributed by atoms with E-state index >= 15 is 0 Å². The van der Waals surface area contributed by atoms with Crippen molar-refractivity contribution in [1.82, 2.24) is 10.2 Å². The van der Waals surface area contributed by atoms with Gasteiger partial charge in [-0.3, -0.25) is 14.4 Å². The first-order valence-corrected chi connectivity index (χ1v) is 12.1. The van der Waals surface area contributed by atoms with Gasteiger partial charge in [0.15, 0.2) is 4.34 Å². The van der Waals surface area contributed by atoms with Crippen molar-refractivity contribution in [1.29, 1.82) is 0 Å². The molecule has 0 saturated carbocycles. The molecule has 148 valence electrons. The monoisotopic (exact) mass is 448 g/mol. The number of benzene rings is 1. The average Bonchev–Trinajstić information content (AvgIpc) is 2.98. The number of anilines is 2. The zero-order chi connectivity index (χ0) is 20.2. The quantitative estimate of drug-likeness (QED) is 0.486. The van der Waals surface area contributed by atoms with Crippen LogP contribution in [0.5, 0.6) is 0 Å². The lowest BCUT2D eigenvalue weighted by atomic mass is 10.2. The van der Waals surface area contributed by atoms with Gasteiger partial charge < -0.3 is 0 Å². The third-order valence-electron chi connectivity index (χ3n) is 3.38. The molecule has 0 spiro atoms. The summed E-state index contributed by atoms with van der Waals surface area (Å²) in [6.07, 6.45) is 1.35. The number of sulfonamides is 1. The van der Waals surface area contributed by atoms with Crippen LogP contribution >= 0.6 is 34.7 Å². The Kier molecular flexibility index (Phi) is 7.49. The SMILES string of the molecule is CCC(C(=O)Nc1nnc(SC(C)C)s1)N(c1ccc(Cl)cc1)S(C)(=O)=O. The normalized spacial score (nSPS) is 12.8. The molecule has 2 aromatic rings. The van der Waals surface area contributed by atoms with Crippen LogP contribution in [0.25, 0.3) is 0 Å². The molecule has 27 heavy (non-hydrogen) atoms. The Morgan fingerprint density at radius 2 is 1.93 bits per heavy atom. The fraction of sp³-hybridized carbons (Fsp3) is 0.438. The van der Waals surface area contributed by atoms with E-state index in [0.29, 0.717) is 21.1 Å². The number of amides is 1. The van der Waals surface area contributed by atoms with Crippen LogP contribution in [0, 0.1) is 0 Å². The summed E-state index contributed by atoms with van der Waals surface area (Å²) in [4.78, 5) is 12.8. The predicted octanol–water partition coefficient (Wildman–Crippen LogP) is 3.88. The van der Waals surface area contributed by atoms with Crippen molar-refractivity contribution in [2.75, 3.05) is 15.9 Å². The van der Waals surface area contributed by atoms with E-state index in [1.54, 1.807) is 43.0 Å². The van der Waals surface area contributed by atoms with Crippen molar-refractivity contribution in [3.8, 4) is 0 Å². The molecule has 1 heterocycles. The van der Waals surface area contributed by atoms with Crippen molar-refractivity contribution in [3.63, 3.8) is 0 Å². The lowest BCUT2D eigenvalue weighted by molar-refractivity contribution is -0.117. The third kappa shape index (κ3) is 6.06. The van der Waals surface area contributed by atoms with Crippen LogP contribution in [0.15, 0.2) is 28.6 Å². The molecule has 0 bridgehead atoms. The molecule has 0 aliphatic carbocycles. The standard InChI is InChI=1S/C16H21ClN4O3S3/c1-5-13(14(22)18-15-19-20-16(26-15)25-10(2)3)21(27(4,23)24)12-8-6-11(17)7-9-12/h6-10,13H,5H2,1-4H3,(H,18,19,22). The van der Waals surface area contributed by atoms with E-state index < -0.39 is 22.0 Å². The predicted molar refractivity (Wildman–Crippen MR) is 112 cm³/mol. The fourth-order valence-corrected chi connectivity index (χ4v) is 5.66. The summed E-state index contributed by atoms with van der Waals surface area (Å²) in [6.45, 7) is 5.82. The number of hydrogen-bond donors (Lipinski definition) is 1. The number of halogens is 1. The van der Waals surface area contributed by atoms with Crippen LogP contribution in [-0.4, -0.2) is 42.1 Å². The van der Waals surface area contributed by atoms with Crippen LogP contribution < -0.4 is 9.62 Å². The van der Waals surface area contributed by atoms with Gasteiger partial charge in [-0.25, -0.2) is 8.42 Å². The number of carbonyl (C=O) groups excluding carboxylic acids is 1. The van der Waals surface area contributed by atoms with E-state index in [9.17, 15) is 13.2 Å². The summed E-state index contributed by atoms with van der Waals surface area (Å²) in [5.74, 6) is -0.463. The first-order valence-electron chi connectivity index (χ1n) is 8.17. The second kappa shape index (κ2) is 9.22. The van der Waals surface area contributed by atoms with E-state index in [1.165, 1.54) is 11.3 Å². The maximum Gasteiger partial charge on any atom is 0.250 e. The molecule has 1 unspecified atom stereocenters. The second-order valence-corrected chi connectivity index (χ2v) is 11.1. The number of hydrogen-bond acceptors (Lipinski definition) is 7. The second-order valence-electron chi connectivity index (χ2n) is 5.99. The Morgan fingerprint density at radius 3 is 2.44 bits per heavy atom. The van der Waals surface area contributed by atoms with Gasteiger partial charge in [-0.15, -0.1) is 10.2 Å². The highest BCUT2D eigenvalue weighted by atomic mass is 35.5. The molecule has 2 rings (SSSR count). The summed E-state index contributed by atoms with van der Waals surface area (Å²) >= 11 is 8.69. The topological polar surface area (TPSA) is 92.3 Å². The Labute approximate surface area is 172 Å². The molecule has 0 radical (unpaired) electrons. The Hall–Kier alpha value is -1.36. The number of thioether (sulfide) groups is 1. The van der Waals surface area contributed by atoms with Crippen molar-refractivity contribution in [2.24, 2.45) is 0 Å². The van der Waals surface area contributed by atoms with E-state index in [4.69, 9.17) is 11.6 Å². The highest BCUT2D eigenvalue weighted by Gasteiger charge is 2.32. The molecule has 0 saturated heterocycles. The summed E-state index contributed by atoms with van der Waals surface area (Å²) in [5.41, 5.74) is 0.372. The Morgan fingerprint density at radius 1 is 1.30 bits per heavy atom. The molecule has 1 amide bonds. The van der Waals surface area contributed by atoms with E-state index in [0.717, 1.165) is 14.9 Å². The van der Waals surface area contributed by atoms with Crippen molar-refractivity contribution >= 4 is 61.4 Å². The largest absolute Gasteiger partial charge is 0.299 e. The summed E-state index contributed by atoms with van der Waals surface area (Å²) in [5, 5.41) is 11.8. The lowest BCUT2D eigenvalue weighted by Crippen LogP contribution is -2.46. The van der Waals surface area contributed by atoms with Crippen LogP contribution in [0.2, 0.25) is 5.02 Å². The van der Waals surface area contributed by atoms with Crippen LogP contribution in [-0.2, 0) is 14.8 Å². The van der Waals surface area contributed by atoms with Gasteiger partial charge in [-0.05, 0) is 30.7 Å². The van der Waals surface area contributed by atoms with Gasteiger partial charge in [0.05, 0.1) is 11.9 Å². The first-order chi connectivity index (χ1) is 12.6. The molecular weight excluding hydrogens is 428 g/mol. The first kappa shape index (κ1) is 21.9. The van der Waals surface area contributed by atoms with Gasteiger partial charge in [-0.1, -0.05) is 55.5 Å². The van der Waals surface area contributed by atoms with Gasteiger partial charge in [0.2, 0.25) is 21.1 Å². The Balaban J connectivity index is 2.26. The van der Waals surface area contributed by atoms with E-state index in [2.05, 4.69) is 15.5 Å². The molecule has 1 aromatic heterocycles. The zero-order valence-corrected chi connectivity index (χ0v) is 18.5. The van der Waals surface area contributed by atoms with Crippen LogP contribution in [0.1, 0.15) is 27.2 Å². The highest BCUT2D eigenvalue weighted by Crippen LogP contribution is 2.29. The maximum atomic E-state index is 12.8. The van der Waals surface area contributed by atoms with Crippen LogP contribution in [0.4, 0.5) is 10.8 Å². The van der Waals surface area contributed by atoms with Crippen LogP contribution in [0.3, 0.4) is 0 Å². The number of carbonyl (C=O) groups is 1. The Bertz CT molecular complexity index is 885. The molecule has 0 fully saturated rings. The van der Waals surface area contributed by atoms with E-state index in [-0.39, 0.29) is 6.42 Å². The van der Waals surface area contributed by atoms with Gasteiger partial charge in [0, 0.05) is 10.3 Å². The smallest absolute Gasteiger partial charge is 0.250 e.